The minimum absolute atomic E-state index is 0.190. The lowest BCUT2D eigenvalue weighted by Crippen LogP contribution is -2.32. The van der Waals surface area contributed by atoms with Crippen molar-refractivity contribution in [3.63, 3.8) is 0 Å². The molecule has 0 aliphatic rings. The predicted molar refractivity (Wildman–Crippen MR) is 139 cm³/mol. The Morgan fingerprint density at radius 3 is 2.18 bits per heavy atom. The van der Waals surface area contributed by atoms with Crippen molar-refractivity contribution < 1.29 is 4.79 Å². The summed E-state index contributed by atoms with van der Waals surface area (Å²) in [5.74, 6) is 0.190. The van der Waals surface area contributed by atoms with E-state index >= 15 is 0 Å². The molecule has 5 rings (SSSR count). The highest BCUT2D eigenvalue weighted by atomic mass is 32.1. The van der Waals surface area contributed by atoms with Crippen molar-refractivity contribution in [1.29, 1.82) is 0 Å². The minimum atomic E-state index is 0.190. The third kappa shape index (κ3) is 5.26. The molecule has 0 spiro atoms. The fraction of sp³-hybridized carbons (Fsp3) is 0.172. The van der Waals surface area contributed by atoms with E-state index in [1.165, 1.54) is 11.3 Å². The van der Waals surface area contributed by atoms with E-state index in [2.05, 4.69) is 52.4 Å². The Hall–Kier alpha value is -3.70. The van der Waals surface area contributed by atoms with Crippen LogP contribution in [-0.4, -0.2) is 26.7 Å². The molecule has 5 aromatic rings. The standard InChI is InChI=1S/C29H27N3OS/c33-28(17-16-23-10-4-1-5-11-23)31(20-24-12-6-2-7-13-24)19-18-26-22-34-29-30-27(21-32(26)29)25-14-8-3-9-15-25/h1-15,21-22H,16-20H2. The number of carbonyl (C=O) groups excluding carboxylic acids is 1. The Morgan fingerprint density at radius 1 is 0.824 bits per heavy atom. The van der Waals surface area contributed by atoms with Crippen molar-refractivity contribution in [2.24, 2.45) is 0 Å². The molecule has 34 heavy (non-hydrogen) atoms. The van der Waals surface area contributed by atoms with Gasteiger partial charge in [0.2, 0.25) is 5.91 Å². The summed E-state index contributed by atoms with van der Waals surface area (Å²) in [7, 11) is 0. The molecule has 0 aliphatic heterocycles. The zero-order valence-corrected chi connectivity index (χ0v) is 19.8. The number of fused-ring (bicyclic) bond motifs is 1. The van der Waals surface area contributed by atoms with Crippen LogP contribution in [0, 0.1) is 0 Å². The quantitative estimate of drug-likeness (QED) is 0.257. The van der Waals surface area contributed by atoms with E-state index in [9.17, 15) is 4.79 Å². The second kappa shape index (κ2) is 10.5. The number of carbonyl (C=O) groups is 1. The third-order valence-electron chi connectivity index (χ3n) is 6.03. The molecule has 0 bridgehead atoms. The summed E-state index contributed by atoms with van der Waals surface area (Å²) in [6.07, 6.45) is 4.17. The van der Waals surface area contributed by atoms with Crippen molar-refractivity contribution >= 4 is 22.2 Å². The van der Waals surface area contributed by atoms with Gasteiger partial charge in [-0.3, -0.25) is 9.20 Å². The van der Waals surface area contributed by atoms with Crippen molar-refractivity contribution in [3.05, 3.63) is 119 Å². The summed E-state index contributed by atoms with van der Waals surface area (Å²) in [6, 6.07) is 30.7. The van der Waals surface area contributed by atoms with Gasteiger partial charge in [-0.2, -0.15) is 0 Å². The Balaban J connectivity index is 1.31. The minimum Gasteiger partial charge on any atom is -0.338 e. The monoisotopic (exact) mass is 465 g/mol. The average Bonchev–Trinajstić information content (AvgIpc) is 3.48. The topological polar surface area (TPSA) is 37.6 Å². The SMILES string of the molecule is O=C(CCc1ccccc1)N(CCc1csc2nc(-c3ccccc3)cn12)Cc1ccccc1. The fourth-order valence-electron chi connectivity index (χ4n) is 4.16. The average molecular weight is 466 g/mol. The molecule has 0 atom stereocenters. The Kier molecular flexibility index (Phi) is 6.82. The lowest BCUT2D eigenvalue weighted by atomic mass is 10.1. The molecule has 2 heterocycles. The van der Waals surface area contributed by atoms with Crippen LogP contribution in [0.5, 0.6) is 0 Å². The van der Waals surface area contributed by atoms with E-state index in [1.807, 2.05) is 59.5 Å². The summed E-state index contributed by atoms with van der Waals surface area (Å²) < 4.78 is 2.17. The van der Waals surface area contributed by atoms with Gasteiger partial charge < -0.3 is 4.90 Å². The molecule has 0 saturated carbocycles. The molecule has 0 unspecified atom stereocenters. The van der Waals surface area contributed by atoms with Crippen LogP contribution in [0.15, 0.2) is 103 Å². The number of amides is 1. The molecule has 0 aliphatic carbocycles. The predicted octanol–water partition coefficient (Wildman–Crippen LogP) is 6.27. The fourth-order valence-corrected chi connectivity index (χ4v) is 5.06. The normalized spacial score (nSPS) is 11.1. The van der Waals surface area contributed by atoms with Crippen LogP contribution in [0.25, 0.3) is 16.2 Å². The van der Waals surface area contributed by atoms with E-state index in [4.69, 9.17) is 4.98 Å². The summed E-state index contributed by atoms with van der Waals surface area (Å²) in [5.41, 5.74) is 5.63. The number of imidazole rings is 1. The smallest absolute Gasteiger partial charge is 0.223 e. The maximum atomic E-state index is 13.2. The number of aromatic nitrogens is 2. The van der Waals surface area contributed by atoms with Crippen LogP contribution in [-0.2, 0) is 24.2 Å². The number of rotatable bonds is 9. The molecule has 3 aromatic carbocycles. The van der Waals surface area contributed by atoms with Gasteiger partial charge in [0.25, 0.3) is 0 Å². The van der Waals surface area contributed by atoms with Gasteiger partial charge in [0.15, 0.2) is 4.96 Å². The first-order valence-electron chi connectivity index (χ1n) is 11.6. The molecular weight excluding hydrogens is 438 g/mol. The van der Waals surface area contributed by atoms with Crippen molar-refractivity contribution in [2.75, 3.05) is 6.54 Å². The van der Waals surface area contributed by atoms with Gasteiger partial charge in [-0.05, 0) is 17.5 Å². The van der Waals surface area contributed by atoms with Gasteiger partial charge in [0.1, 0.15) is 0 Å². The first-order valence-corrected chi connectivity index (χ1v) is 12.5. The largest absolute Gasteiger partial charge is 0.338 e. The molecule has 2 aromatic heterocycles. The van der Waals surface area contributed by atoms with E-state index < -0.39 is 0 Å². The number of aryl methyl sites for hydroxylation is 1. The summed E-state index contributed by atoms with van der Waals surface area (Å²) in [4.78, 5) is 21.0. The van der Waals surface area contributed by atoms with E-state index in [1.54, 1.807) is 11.3 Å². The second-order valence-electron chi connectivity index (χ2n) is 8.41. The highest BCUT2D eigenvalue weighted by Crippen LogP contribution is 2.24. The summed E-state index contributed by atoms with van der Waals surface area (Å²) >= 11 is 1.65. The van der Waals surface area contributed by atoms with Gasteiger partial charge in [0.05, 0.1) is 5.69 Å². The molecule has 170 valence electrons. The van der Waals surface area contributed by atoms with Gasteiger partial charge >= 0.3 is 0 Å². The molecule has 0 fully saturated rings. The Bertz CT molecular complexity index is 1340. The van der Waals surface area contributed by atoms with Crippen LogP contribution in [0.3, 0.4) is 0 Å². The lowest BCUT2D eigenvalue weighted by Gasteiger charge is -2.23. The van der Waals surface area contributed by atoms with Crippen molar-refractivity contribution in [2.45, 2.75) is 25.8 Å². The number of benzene rings is 3. The van der Waals surface area contributed by atoms with Gasteiger partial charge in [0, 0.05) is 48.8 Å². The molecule has 4 nitrogen and oxygen atoms in total. The summed E-state index contributed by atoms with van der Waals surface area (Å²) in [6.45, 7) is 1.30. The maximum Gasteiger partial charge on any atom is 0.223 e. The van der Waals surface area contributed by atoms with Crippen LogP contribution < -0.4 is 0 Å². The van der Waals surface area contributed by atoms with E-state index in [0.29, 0.717) is 19.5 Å². The number of thiazole rings is 1. The molecule has 5 heteroatoms. The van der Waals surface area contributed by atoms with Gasteiger partial charge in [-0.25, -0.2) is 4.98 Å². The van der Waals surface area contributed by atoms with E-state index in [-0.39, 0.29) is 5.91 Å². The lowest BCUT2D eigenvalue weighted by molar-refractivity contribution is -0.131. The Morgan fingerprint density at radius 2 is 1.47 bits per heavy atom. The molecular formula is C29H27N3OS. The van der Waals surface area contributed by atoms with Crippen LogP contribution in [0.2, 0.25) is 0 Å². The van der Waals surface area contributed by atoms with Crippen LogP contribution >= 0.6 is 11.3 Å². The van der Waals surface area contributed by atoms with E-state index in [0.717, 1.165) is 34.6 Å². The Labute approximate surface area is 204 Å². The zero-order valence-electron chi connectivity index (χ0n) is 19.0. The van der Waals surface area contributed by atoms with Gasteiger partial charge in [-0.15, -0.1) is 11.3 Å². The van der Waals surface area contributed by atoms with Crippen molar-refractivity contribution in [3.8, 4) is 11.3 Å². The molecule has 0 N–H and O–H groups in total. The number of hydrogen-bond acceptors (Lipinski definition) is 3. The van der Waals surface area contributed by atoms with Crippen LogP contribution in [0.1, 0.15) is 23.2 Å². The molecule has 1 amide bonds. The van der Waals surface area contributed by atoms with Gasteiger partial charge in [-0.1, -0.05) is 91.0 Å². The molecule has 0 radical (unpaired) electrons. The zero-order chi connectivity index (χ0) is 23.2. The highest BCUT2D eigenvalue weighted by Gasteiger charge is 2.16. The first-order chi connectivity index (χ1) is 16.8. The highest BCUT2D eigenvalue weighted by molar-refractivity contribution is 7.15. The van der Waals surface area contributed by atoms with Crippen LogP contribution in [0.4, 0.5) is 0 Å². The first kappa shape index (κ1) is 22.1. The second-order valence-corrected chi connectivity index (χ2v) is 9.24. The maximum absolute atomic E-state index is 13.2. The number of hydrogen-bond donors (Lipinski definition) is 0. The third-order valence-corrected chi connectivity index (χ3v) is 6.92. The number of nitrogens with zero attached hydrogens (tertiary/aromatic N) is 3. The molecule has 0 saturated heterocycles. The summed E-state index contributed by atoms with van der Waals surface area (Å²) in [5, 5.41) is 2.16. The van der Waals surface area contributed by atoms with Crippen molar-refractivity contribution in [1.82, 2.24) is 14.3 Å².